The fourth-order valence-electron chi connectivity index (χ4n) is 3.06. The molecular formula is C22H24FN3O5. The minimum atomic E-state index is -0.602. The molecule has 1 heterocycles. The predicted octanol–water partition coefficient (Wildman–Crippen LogP) is 2.19. The smallest absolute Gasteiger partial charge is 0.257 e. The first-order chi connectivity index (χ1) is 15.0. The molecule has 2 aromatic rings. The molecule has 164 valence electrons. The molecular weight excluding hydrogens is 405 g/mol. The molecule has 0 bridgehead atoms. The summed E-state index contributed by atoms with van der Waals surface area (Å²) in [5.41, 5.74) is 4.51. The summed E-state index contributed by atoms with van der Waals surface area (Å²) < 4.78 is 30.1. The van der Waals surface area contributed by atoms with E-state index in [0.717, 1.165) is 5.56 Å². The number of hydrazone groups is 1. The summed E-state index contributed by atoms with van der Waals surface area (Å²) in [6.07, 6.45) is 1.34. The third-order valence-corrected chi connectivity index (χ3v) is 4.71. The van der Waals surface area contributed by atoms with Crippen LogP contribution in [0, 0.1) is 5.82 Å². The number of benzene rings is 2. The molecule has 0 fully saturated rings. The summed E-state index contributed by atoms with van der Waals surface area (Å²) in [6, 6.07) is 9.91. The van der Waals surface area contributed by atoms with Crippen molar-refractivity contribution in [1.29, 1.82) is 0 Å². The molecule has 2 N–H and O–H groups in total. The molecule has 2 amide bonds. The van der Waals surface area contributed by atoms with E-state index in [2.05, 4.69) is 15.8 Å². The van der Waals surface area contributed by atoms with Gasteiger partial charge in [-0.1, -0.05) is 6.07 Å². The van der Waals surface area contributed by atoms with Crippen LogP contribution in [0.1, 0.15) is 24.0 Å². The van der Waals surface area contributed by atoms with E-state index >= 15 is 0 Å². The Balaban J connectivity index is 1.47. The van der Waals surface area contributed by atoms with Crippen LogP contribution in [0.2, 0.25) is 0 Å². The van der Waals surface area contributed by atoms with Crippen LogP contribution in [0.5, 0.6) is 17.2 Å². The summed E-state index contributed by atoms with van der Waals surface area (Å²) in [7, 11) is 3.13. The first-order valence-corrected chi connectivity index (χ1v) is 9.76. The molecule has 0 spiro atoms. The van der Waals surface area contributed by atoms with E-state index in [9.17, 15) is 14.0 Å². The number of nitrogens with one attached hydrogen (secondary N) is 2. The summed E-state index contributed by atoms with van der Waals surface area (Å²) in [5.74, 6) is 0.103. The van der Waals surface area contributed by atoms with Crippen molar-refractivity contribution in [3.63, 3.8) is 0 Å². The lowest BCUT2D eigenvalue weighted by molar-refractivity contribution is -0.123. The molecule has 0 saturated heterocycles. The molecule has 1 aliphatic rings. The van der Waals surface area contributed by atoms with Gasteiger partial charge >= 0.3 is 0 Å². The summed E-state index contributed by atoms with van der Waals surface area (Å²) >= 11 is 0. The van der Waals surface area contributed by atoms with Gasteiger partial charge in [-0.25, -0.2) is 9.82 Å². The number of hydrogen-bond donors (Lipinski definition) is 2. The standard InChI is InChI=1S/C22H24FN3O5/c1-29-19-6-3-14(11-20(19)30-2)9-10-24-22(28)13-31-18-7-4-15(12-16(18)23)17-5-8-21(27)26-25-17/h3-4,6-7,11-12H,5,8-10,13H2,1-2H3,(H,24,28)(H,26,27). The third-order valence-electron chi connectivity index (χ3n) is 4.71. The molecule has 0 saturated carbocycles. The van der Waals surface area contributed by atoms with Crippen LogP contribution in [-0.2, 0) is 16.0 Å². The quantitative estimate of drug-likeness (QED) is 0.637. The molecule has 31 heavy (non-hydrogen) atoms. The van der Waals surface area contributed by atoms with Gasteiger partial charge in [0.25, 0.3) is 5.91 Å². The second-order valence-electron chi connectivity index (χ2n) is 6.82. The first kappa shape index (κ1) is 22.1. The zero-order valence-corrected chi connectivity index (χ0v) is 17.4. The Morgan fingerprint density at radius 1 is 1.10 bits per heavy atom. The van der Waals surface area contributed by atoms with Gasteiger partial charge in [0.1, 0.15) is 0 Å². The zero-order chi connectivity index (χ0) is 22.2. The molecule has 0 radical (unpaired) electrons. The molecule has 0 unspecified atom stereocenters. The summed E-state index contributed by atoms with van der Waals surface area (Å²) in [5, 5.41) is 6.67. The third kappa shape index (κ3) is 5.94. The van der Waals surface area contributed by atoms with Gasteiger partial charge in [0.15, 0.2) is 29.7 Å². The predicted molar refractivity (Wildman–Crippen MR) is 112 cm³/mol. The number of halogens is 1. The minimum absolute atomic E-state index is 0.0285. The lowest BCUT2D eigenvalue weighted by Gasteiger charge is -2.13. The number of hydrogen-bond acceptors (Lipinski definition) is 6. The fraction of sp³-hybridized carbons (Fsp3) is 0.318. The maximum absolute atomic E-state index is 14.3. The lowest BCUT2D eigenvalue weighted by Crippen LogP contribution is -2.30. The Kier molecular flexibility index (Phi) is 7.42. The first-order valence-electron chi connectivity index (χ1n) is 9.76. The summed E-state index contributed by atoms with van der Waals surface area (Å²) in [4.78, 5) is 23.2. The molecule has 0 atom stereocenters. The van der Waals surface area contributed by atoms with Crippen LogP contribution in [0.25, 0.3) is 0 Å². The van der Waals surface area contributed by atoms with E-state index in [1.165, 1.54) is 12.1 Å². The number of ether oxygens (including phenoxy) is 3. The van der Waals surface area contributed by atoms with Crippen molar-refractivity contribution in [1.82, 2.24) is 10.7 Å². The van der Waals surface area contributed by atoms with E-state index < -0.39 is 5.82 Å². The number of carbonyl (C=O) groups excluding carboxylic acids is 2. The second-order valence-corrected chi connectivity index (χ2v) is 6.82. The van der Waals surface area contributed by atoms with E-state index in [4.69, 9.17) is 14.2 Å². The topological polar surface area (TPSA) is 98.3 Å². The van der Waals surface area contributed by atoms with Crippen LogP contribution in [0.4, 0.5) is 4.39 Å². The molecule has 0 aliphatic carbocycles. The monoisotopic (exact) mass is 429 g/mol. The van der Waals surface area contributed by atoms with Crippen molar-refractivity contribution in [3.8, 4) is 17.2 Å². The molecule has 3 rings (SSSR count). The van der Waals surface area contributed by atoms with Crippen molar-refractivity contribution in [2.45, 2.75) is 19.3 Å². The van der Waals surface area contributed by atoms with Crippen LogP contribution >= 0.6 is 0 Å². The van der Waals surface area contributed by atoms with Gasteiger partial charge in [0, 0.05) is 24.9 Å². The van der Waals surface area contributed by atoms with Crippen LogP contribution in [-0.4, -0.2) is 44.9 Å². The molecule has 2 aromatic carbocycles. The highest BCUT2D eigenvalue weighted by atomic mass is 19.1. The highest BCUT2D eigenvalue weighted by Crippen LogP contribution is 2.27. The minimum Gasteiger partial charge on any atom is -0.493 e. The van der Waals surface area contributed by atoms with E-state index in [1.54, 1.807) is 26.4 Å². The van der Waals surface area contributed by atoms with Crippen molar-refractivity contribution >= 4 is 17.5 Å². The fourth-order valence-corrected chi connectivity index (χ4v) is 3.06. The maximum atomic E-state index is 14.3. The average molecular weight is 429 g/mol. The van der Waals surface area contributed by atoms with Gasteiger partial charge in [0.2, 0.25) is 5.91 Å². The number of rotatable bonds is 9. The highest BCUT2D eigenvalue weighted by Gasteiger charge is 2.15. The SMILES string of the molecule is COc1ccc(CCNC(=O)COc2ccc(C3=NNC(=O)CC3)cc2F)cc1OC. The van der Waals surface area contributed by atoms with Gasteiger partial charge in [0.05, 0.1) is 19.9 Å². The number of amides is 2. The Hall–Kier alpha value is -3.62. The maximum Gasteiger partial charge on any atom is 0.257 e. The van der Waals surface area contributed by atoms with Gasteiger partial charge in [-0.2, -0.15) is 5.10 Å². The Morgan fingerprint density at radius 3 is 2.55 bits per heavy atom. The Labute approximate surface area is 179 Å². The van der Waals surface area contributed by atoms with Crippen LogP contribution < -0.4 is 25.0 Å². The number of nitrogens with zero attached hydrogens (tertiary/aromatic N) is 1. The van der Waals surface area contributed by atoms with E-state index in [1.807, 2.05) is 12.1 Å². The van der Waals surface area contributed by atoms with Crippen molar-refractivity contribution in [3.05, 3.63) is 53.3 Å². The Bertz CT molecular complexity index is 993. The van der Waals surface area contributed by atoms with E-state index in [0.29, 0.717) is 48.6 Å². The zero-order valence-electron chi connectivity index (χ0n) is 17.4. The van der Waals surface area contributed by atoms with Crippen LogP contribution in [0.15, 0.2) is 41.5 Å². The molecule has 0 aromatic heterocycles. The van der Waals surface area contributed by atoms with Gasteiger partial charge in [-0.3, -0.25) is 9.59 Å². The number of methoxy groups -OCH3 is 2. The molecule has 9 heteroatoms. The van der Waals surface area contributed by atoms with E-state index in [-0.39, 0.29) is 24.2 Å². The normalized spacial score (nSPS) is 13.1. The molecule has 1 aliphatic heterocycles. The Morgan fingerprint density at radius 2 is 1.87 bits per heavy atom. The van der Waals surface area contributed by atoms with Crippen LogP contribution in [0.3, 0.4) is 0 Å². The summed E-state index contributed by atoms with van der Waals surface area (Å²) in [6.45, 7) is 0.0871. The van der Waals surface area contributed by atoms with Gasteiger partial charge < -0.3 is 19.5 Å². The van der Waals surface area contributed by atoms with Gasteiger partial charge in [-0.15, -0.1) is 0 Å². The van der Waals surface area contributed by atoms with Crippen molar-refractivity contribution < 1.29 is 28.2 Å². The largest absolute Gasteiger partial charge is 0.493 e. The average Bonchev–Trinajstić information content (AvgIpc) is 2.78. The van der Waals surface area contributed by atoms with Crippen molar-refractivity contribution in [2.24, 2.45) is 5.10 Å². The highest BCUT2D eigenvalue weighted by molar-refractivity contribution is 6.04. The lowest BCUT2D eigenvalue weighted by atomic mass is 10.0. The molecule has 8 nitrogen and oxygen atoms in total. The number of carbonyl (C=O) groups is 2. The second kappa shape index (κ2) is 10.4. The van der Waals surface area contributed by atoms with Gasteiger partial charge in [-0.05, 0) is 42.3 Å². The van der Waals surface area contributed by atoms with Crippen molar-refractivity contribution in [2.75, 3.05) is 27.4 Å².